The summed E-state index contributed by atoms with van der Waals surface area (Å²) in [5.41, 5.74) is 0. The Balaban J connectivity index is 0. The third-order valence-electron chi connectivity index (χ3n) is 1.86. The van der Waals surface area contributed by atoms with Crippen molar-refractivity contribution in [2.45, 2.75) is 41.0 Å². The fourth-order valence-electron chi connectivity index (χ4n) is 0.753. The molecule has 0 spiro atoms. The molecule has 108 valence electrons. The summed E-state index contributed by atoms with van der Waals surface area (Å²) < 4.78 is 4.81. The number of hydrogen-bond acceptors (Lipinski definition) is 4. The summed E-state index contributed by atoms with van der Waals surface area (Å²) in [5, 5.41) is 10.8. The Bertz CT molecular complexity index is 203. The van der Waals surface area contributed by atoms with Gasteiger partial charge in [0.05, 0.1) is 19.1 Å². The van der Waals surface area contributed by atoms with E-state index in [9.17, 15) is 9.59 Å². The minimum atomic E-state index is -0.100. The molecule has 2 N–H and O–H groups in total. The highest BCUT2D eigenvalue weighted by atomic mass is 16.5. The first-order chi connectivity index (χ1) is 8.36. The molecule has 0 aliphatic heterocycles. The molecule has 0 saturated carbocycles. The van der Waals surface area contributed by atoms with E-state index in [2.05, 4.69) is 5.32 Å². The van der Waals surface area contributed by atoms with Crippen LogP contribution in [0, 0.1) is 11.8 Å². The Labute approximate surface area is 110 Å². The highest BCUT2D eigenvalue weighted by Gasteiger charge is 2.05. The molecule has 0 saturated heterocycles. The summed E-state index contributed by atoms with van der Waals surface area (Å²) in [7, 11) is 0. The molecule has 1 amide bonds. The first-order valence-electron chi connectivity index (χ1n) is 6.41. The van der Waals surface area contributed by atoms with Crippen molar-refractivity contribution in [2.75, 3.05) is 19.8 Å². The van der Waals surface area contributed by atoms with E-state index in [4.69, 9.17) is 9.84 Å². The van der Waals surface area contributed by atoms with Gasteiger partial charge in [-0.15, -0.1) is 0 Å². The van der Waals surface area contributed by atoms with Crippen molar-refractivity contribution in [3.8, 4) is 0 Å². The van der Waals surface area contributed by atoms with Crippen molar-refractivity contribution >= 4 is 11.9 Å². The number of hydrogen-bond donors (Lipinski definition) is 2. The van der Waals surface area contributed by atoms with Crippen molar-refractivity contribution in [1.29, 1.82) is 0 Å². The minimum Gasteiger partial charge on any atom is -0.465 e. The Kier molecular flexibility index (Phi) is 13.2. The summed E-state index contributed by atoms with van der Waals surface area (Å²) in [4.78, 5) is 21.4. The van der Waals surface area contributed by atoms with Crippen molar-refractivity contribution in [1.82, 2.24) is 5.32 Å². The fraction of sp³-hybridized carbons (Fsp3) is 0.846. The Morgan fingerprint density at radius 3 is 2.06 bits per heavy atom. The molecule has 0 unspecified atom stereocenters. The van der Waals surface area contributed by atoms with Gasteiger partial charge in [0.1, 0.15) is 0 Å². The van der Waals surface area contributed by atoms with Crippen LogP contribution in [0.25, 0.3) is 0 Å². The van der Waals surface area contributed by atoms with Gasteiger partial charge < -0.3 is 15.2 Å². The summed E-state index contributed by atoms with van der Waals surface area (Å²) in [6.45, 7) is 10.2. The van der Waals surface area contributed by atoms with Crippen LogP contribution in [-0.4, -0.2) is 36.7 Å². The molecule has 0 aromatic carbocycles. The zero-order chi connectivity index (χ0) is 14.6. The molecule has 0 atom stereocenters. The zero-order valence-electron chi connectivity index (χ0n) is 12.2. The van der Waals surface area contributed by atoms with Gasteiger partial charge in [-0.1, -0.05) is 34.6 Å². The summed E-state index contributed by atoms with van der Waals surface area (Å²) in [6, 6.07) is 0. The van der Waals surface area contributed by atoms with E-state index in [1.165, 1.54) is 0 Å². The summed E-state index contributed by atoms with van der Waals surface area (Å²) in [5.74, 6) is -0.0889. The summed E-state index contributed by atoms with van der Waals surface area (Å²) in [6.07, 6.45) is 0.901. The maximum atomic E-state index is 10.7. The monoisotopic (exact) mass is 261 g/mol. The number of ether oxygens (including phenoxy) is 1. The first-order valence-corrected chi connectivity index (χ1v) is 6.41. The molecule has 0 aliphatic rings. The maximum absolute atomic E-state index is 10.7. The van der Waals surface area contributed by atoms with Gasteiger partial charge in [0.15, 0.2) is 0 Å². The third-order valence-corrected chi connectivity index (χ3v) is 1.86. The number of nitrogens with one attached hydrogen (secondary N) is 1. The maximum Gasteiger partial charge on any atom is 0.308 e. The second kappa shape index (κ2) is 12.4. The average Bonchev–Trinajstić information content (AvgIpc) is 2.33. The predicted molar refractivity (Wildman–Crippen MR) is 71.0 cm³/mol. The molecule has 18 heavy (non-hydrogen) atoms. The van der Waals surface area contributed by atoms with E-state index in [-0.39, 0.29) is 30.3 Å². The topological polar surface area (TPSA) is 75.6 Å². The van der Waals surface area contributed by atoms with Crippen LogP contribution in [0.15, 0.2) is 0 Å². The molecule has 0 aliphatic carbocycles. The third kappa shape index (κ3) is 13.0. The number of amides is 1. The molecule has 5 nitrogen and oxygen atoms in total. The second-order valence-corrected chi connectivity index (χ2v) is 4.49. The van der Waals surface area contributed by atoms with Gasteiger partial charge >= 0.3 is 5.97 Å². The Morgan fingerprint density at radius 2 is 1.72 bits per heavy atom. The van der Waals surface area contributed by atoms with Crippen LogP contribution in [0.4, 0.5) is 0 Å². The molecule has 0 fully saturated rings. The van der Waals surface area contributed by atoms with Crippen LogP contribution >= 0.6 is 0 Å². The van der Waals surface area contributed by atoms with E-state index >= 15 is 0 Å². The van der Waals surface area contributed by atoms with E-state index in [0.717, 1.165) is 6.42 Å². The Morgan fingerprint density at radius 1 is 1.17 bits per heavy atom. The van der Waals surface area contributed by atoms with Crippen LogP contribution in [0.2, 0.25) is 0 Å². The molecule has 0 radical (unpaired) electrons. The quantitative estimate of drug-likeness (QED) is 0.708. The lowest BCUT2D eigenvalue weighted by Gasteiger charge is -2.04. The number of aliphatic hydroxyl groups is 1. The number of rotatable bonds is 6. The number of aliphatic hydroxyl groups excluding tert-OH is 1. The van der Waals surface area contributed by atoms with Crippen molar-refractivity contribution in [2.24, 2.45) is 11.8 Å². The van der Waals surface area contributed by atoms with Crippen LogP contribution in [0.5, 0.6) is 0 Å². The molecule has 5 heteroatoms. The molecular formula is C13H27NO4. The molecular weight excluding hydrogens is 234 g/mol. The molecule has 0 bridgehead atoms. The van der Waals surface area contributed by atoms with Crippen molar-refractivity contribution < 1.29 is 19.4 Å². The van der Waals surface area contributed by atoms with E-state index in [1.807, 2.05) is 34.6 Å². The largest absolute Gasteiger partial charge is 0.465 e. The molecule has 0 heterocycles. The van der Waals surface area contributed by atoms with E-state index < -0.39 is 0 Å². The van der Waals surface area contributed by atoms with Gasteiger partial charge in [0, 0.05) is 12.5 Å². The van der Waals surface area contributed by atoms with Gasteiger partial charge in [-0.05, 0) is 6.42 Å². The van der Waals surface area contributed by atoms with Gasteiger partial charge in [0.25, 0.3) is 0 Å². The average molecular weight is 261 g/mol. The molecule has 0 aromatic rings. The van der Waals surface area contributed by atoms with E-state index in [1.54, 1.807) is 0 Å². The molecule has 0 aromatic heterocycles. The lowest BCUT2D eigenvalue weighted by atomic mass is 10.2. The fourth-order valence-corrected chi connectivity index (χ4v) is 0.753. The van der Waals surface area contributed by atoms with Crippen molar-refractivity contribution in [3.05, 3.63) is 0 Å². The normalized spacial score (nSPS) is 9.78. The lowest BCUT2D eigenvalue weighted by molar-refractivity contribution is -0.147. The molecule has 0 rings (SSSR count). The van der Waals surface area contributed by atoms with E-state index in [0.29, 0.717) is 13.2 Å². The number of carbonyl (C=O) groups excluding carboxylic acids is 2. The van der Waals surface area contributed by atoms with Gasteiger partial charge in [-0.2, -0.15) is 0 Å². The highest BCUT2D eigenvalue weighted by molar-refractivity contribution is 5.77. The highest BCUT2D eigenvalue weighted by Crippen LogP contribution is 1.95. The SMILES string of the molecule is CC(C)C(=O)NCCO.CCCOC(=O)C(C)C. The first kappa shape index (κ1) is 19.2. The van der Waals surface area contributed by atoms with Crippen LogP contribution < -0.4 is 5.32 Å². The number of esters is 1. The summed E-state index contributed by atoms with van der Waals surface area (Å²) >= 11 is 0. The standard InChI is InChI=1S/C7H14O2.C6H13NO2/c1-4-5-9-7(8)6(2)3;1-5(2)6(9)7-3-4-8/h6H,4-5H2,1-3H3;5,8H,3-4H2,1-2H3,(H,7,9). The van der Waals surface area contributed by atoms with Gasteiger partial charge in [-0.25, -0.2) is 0 Å². The zero-order valence-corrected chi connectivity index (χ0v) is 12.2. The second-order valence-electron chi connectivity index (χ2n) is 4.49. The minimum absolute atomic E-state index is 0.0101. The van der Waals surface area contributed by atoms with Gasteiger partial charge in [-0.3, -0.25) is 9.59 Å². The smallest absolute Gasteiger partial charge is 0.308 e. The lowest BCUT2D eigenvalue weighted by Crippen LogP contribution is -2.29. The van der Waals surface area contributed by atoms with Crippen molar-refractivity contribution in [3.63, 3.8) is 0 Å². The van der Waals surface area contributed by atoms with Crippen LogP contribution in [0.1, 0.15) is 41.0 Å². The van der Waals surface area contributed by atoms with Gasteiger partial charge in [0.2, 0.25) is 5.91 Å². The predicted octanol–water partition coefficient (Wildman–Crippen LogP) is 1.35. The van der Waals surface area contributed by atoms with Crippen LogP contribution in [0.3, 0.4) is 0 Å². The number of carbonyl (C=O) groups is 2. The van der Waals surface area contributed by atoms with Crippen LogP contribution in [-0.2, 0) is 14.3 Å². The Hall–Kier alpha value is -1.10.